The Hall–Kier alpha value is -2.54. The van der Waals surface area contributed by atoms with Crippen molar-refractivity contribution in [3.63, 3.8) is 0 Å². The summed E-state index contributed by atoms with van der Waals surface area (Å²) in [6.07, 6.45) is 4.81. The third kappa shape index (κ3) is 6.23. The molecule has 0 unspecified atom stereocenters. The van der Waals surface area contributed by atoms with Crippen LogP contribution in [0.4, 0.5) is 5.69 Å². The van der Waals surface area contributed by atoms with E-state index in [1.807, 2.05) is 26.0 Å². The fourth-order valence-electron chi connectivity index (χ4n) is 3.32. The molecule has 7 heteroatoms. The van der Waals surface area contributed by atoms with E-state index in [9.17, 15) is 18.3 Å². The summed E-state index contributed by atoms with van der Waals surface area (Å²) in [6, 6.07) is 8.34. The van der Waals surface area contributed by atoms with Gasteiger partial charge in [0.1, 0.15) is 10.6 Å². The predicted molar refractivity (Wildman–Crippen MR) is 125 cm³/mol. The quantitative estimate of drug-likeness (QED) is 0.482. The van der Waals surface area contributed by atoms with Gasteiger partial charge in [0.05, 0.1) is 11.3 Å². The zero-order chi connectivity index (χ0) is 23.2. The summed E-state index contributed by atoms with van der Waals surface area (Å²) in [5.74, 6) is -0.427. The van der Waals surface area contributed by atoms with Gasteiger partial charge in [-0.3, -0.25) is 0 Å². The van der Waals surface area contributed by atoms with Crippen molar-refractivity contribution in [1.29, 1.82) is 0 Å². The number of carboxylic acids is 1. The molecule has 0 spiro atoms. The van der Waals surface area contributed by atoms with Gasteiger partial charge in [-0.15, -0.1) is 0 Å². The molecule has 0 amide bonds. The third-order valence-corrected chi connectivity index (χ3v) is 6.45. The molecule has 2 aromatic carbocycles. The van der Waals surface area contributed by atoms with Crippen LogP contribution in [0.1, 0.15) is 61.0 Å². The second-order valence-electron chi connectivity index (χ2n) is 7.89. The van der Waals surface area contributed by atoms with E-state index in [1.165, 1.54) is 12.1 Å². The first-order chi connectivity index (χ1) is 14.6. The highest BCUT2D eigenvalue weighted by Gasteiger charge is 2.26. The Kier molecular flexibility index (Phi) is 8.51. The first kappa shape index (κ1) is 24.7. The van der Waals surface area contributed by atoms with Gasteiger partial charge < -0.3 is 14.7 Å². The lowest BCUT2D eigenvalue weighted by atomic mass is 10.1. The molecule has 0 saturated heterocycles. The summed E-state index contributed by atoms with van der Waals surface area (Å²) < 4.78 is 31.6. The molecule has 2 aromatic rings. The summed E-state index contributed by atoms with van der Waals surface area (Å²) >= 11 is 0. The SMILES string of the molecule is CCCCN(CCCC)c1cc(C(=O)O)cc(S(C)(=O)=O)c1Oc1cccc(C)c1C. The number of aryl methyl sites for hydroxylation is 1. The summed E-state index contributed by atoms with van der Waals surface area (Å²) in [6.45, 7) is 9.42. The van der Waals surface area contributed by atoms with Crippen LogP contribution in [0.15, 0.2) is 35.2 Å². The Bertz CT molecular complexity index is 1020. The highest BCUT2D eigenvalue weighted by molar-refractivity contribution is 7.90. The van der Waals surface area contributed by atoms with Crippen LogP contribution < -0.4 is 9.64 Å². The Morgan fingerprint density at radius 1 is 1.06 bits per heavy atom. The minimum Gasteiger partial charge on any atom is -0.478 e. The minimum atomic E-state index is -3.74. The monoisotopic (exact) mass is 447 g/mol. The number of anilines is 1. The highest BCUT2D eigenvalue weighted by Crippen LogP contribution is 2.41. The van der Waals surface area contributed by atoms with Gasteiger partial charge in [0.25, 0.3) is 0 Å². The van der Waals surface area contributed by atoms with Crippen LogP contribution in [0.3, 0.4) is 0 Å². The highest BCUT2D eigenvalue weighted by atomic mass is 32.2. The van der Waals surface area contributed by atoms with E-state index in [-0.39, 0.29) is 16.2 Å². The van der Waals surface area contributed by atoms with Gasteiger partial charge in [-0.05, 0) is 56.0 Å². The molecule has 0 aliphatic heterocycles. The van der Waals surface area contributed by atoms with E-state index in [0.29, 0.717) is 24.5 Å². The van der Waals surface area contributed by atoms with Gasteiger partial charge in [0, 0.05) is 19.3 Å². The van der Waals surface area contributed by atoms with Crippen LogP contribution in [0.5, 0.6) is 11.5 Å². The second kappa shape index (κ2) is 10.7. The smallest absolute Gasteiger partial charge is 0.335 e. The van der Waals surface area contributed by atoms with E-state index in [4.69, 9.17) is 4.74 Å². The number of sulfone groups is 1. The predicted octanol–water partition coefficient (Wildman–Crippen LogP) is 5.60. The van der Waals surface area contributed by atoms with Crippen LogP contribution in [0.25, 0.3) is 0 Å². The van der Waals surface area contributed by atoms with Gasteiger partial charge in [-0.25, -0.2) is 13.2 Å². The number of aromatic carboxylic acids is 1. The number of ether oxygens (including phenoxy) is 1. The van der Waals surface area contributed by atoms with Crippen LogP contribution in [-0.4, -0.2) is 38.8 Å². The molecule has 0 radical (unpaired) electrons. The molecule has 2 rings (SSSR count). The number of carboxylic acid groups (broad SMARTS) is 1. The van der Waals surface area contributed by atoms with E-state index in [2.05, 4.69) is 18.7 Å². The largest absolute Gasteiger partial charge is 0.478 e. The van der Waals surface area contributed by atoms with Crippen molar-refractivity contribution >= 4 is 21.5 Å². The number of carbonyl (C=O) groups is 1. The van der Waals surface area contributed by atoms with Crippen LogP contribution in [0, 0.1) is 13.8 Å². The molecule has 6 nitrogen and oxygen atoms in total. The van der Waals surface area contributed by atoms with Crippen molar-refractivity contribution in [1.82, 2.24) is 0 Å². The molecule has 0 atom stereocenters. The van der Waals surface area contributed by atoms with Crippen molar-refractivity contribution in [3.05, 3.63) is 47.0 Å². The fraction of sp³-hybridized carbons (Fsp3) is 0.458. The van der Waals surface area contributed by atoms with E-state index in [1.54, 1.807) is 6.07 Å². The number of hydrogen-bond acceptors (Lipinski definition) is 5. The molecule has 0 aliphatic carbocycles. The fourth-order valence-corrected chi connectivity index (χ4v) is 4.14. The number of benzene rings is 2. The first-order valence-corrected chi connectivity index (χ1v) is 12.6. The lowest BCUT2D eigenvalue weighted by molar-refractivity contribution is 0.0696. The molecular weight excluding hydrogens is 414 g/mol. The summed E-state index contributed by atoms with van der Waals surface area (Å²) in [7, 11) is -3.74. The molecule has 0 fully saturated rings. The van der Waals surface area contributed by atoms with Crippen LogP contribution in [-0.2, 0) is 9.84 Å². The molecular formula is C24H33NO5S. The van der Waals surface area contributed by atoms with Crippen molar-refractivity contribution < 1.29 is 23.1 Å². The average Bonchev–Trinajstić information content (AvgIpc) is 2.70. The maximum Gasteiger partial charge on any atom is 0.335 e. The standard InChI is InChI=1S/C24H33NO5S/c1-6-8-13-25(14-9-7-2)20-15-19(24(26)27)16-22(31(5,28)29)23(20)30-21-12-10-11-17(3)18(21)4/h10-12,15-16H,6-9,13-14H2,1-5H3,(H,26,27). The number of rotatable bonds is 11. The Labute approximate surface area is 185 Å². The van der Waals surface area contributed by atoms with Gasteiger partial charge >= 0.3 is 5.97 Å². The molecule has 0 heterocycles. The van der Waals surface area contributed by atoms with Crippen LogP contribution >= 0.6 is 0 Å². The maximum absolute atomic E-state index is 12.7. The number of hydrogen-bond donors (Lipinski definition) is 1. The normalized spacial score (nSPS) is 11.4. The maximum atomic E-state index is 12.7. The molecule has 0 bridgehead atoms. The summed E-state index contributed by atoms with van der Waals surface area (Å²) in [4.78, 5) is 13.7. The molecule has 1 N–H and O–H groups in total. The second-order valence-corrected chi connectivity index (χ2v) is 9.88. The van der Waals surface area contributed by atoms with E-state index in [0.717, 1.165) is 43.1 Å². The lowest BCUT2D eigenvalue weighted by Gasteiger charge is -2.28. The Morgan fingerprint density at radius 2 is 1.68 bits per heavy atom. The first-order valence-electron chi connectivity index (χ1n) is 10.7. The molecule has 0 aliphatic rings. The average molecular weight is 448 g/mol. The number of nitrogens with zero attached hydrogens (tertiary/aromatic N) is 1. The molecule has 170 valence electrons. The van der Waals surface area contributed by atoms with Crippen molar-refractivity contribution in [2.45, 2.75) is 58.3 Å². The van der Waals surface area contributed by atoms with Gasteiger partial charge in [0.15, 0.2) is 15.6 Å². The van der Waals surface area contributed by atoms with Crippen molar-refractivity contribution in [2.75, 3.05) is 24.2 Å². The third-order valence-electron chi connectivity index (χ3n) is 5.35. The van der Waals surface area contributed by atoms with E-state index < -0.39 is 15.8 Å². The molecule has 31 heavy (non-hydrogen) atoms. The molecule has 0 saturated carbocycles. The summed E-state index contributed by atoms with van der Waals surface area (Å²) in [5, 5.41) is 9.64. The lowest BCUT2D eigenvalue weighted by Crippen LogP contribution is -2.27. The van der Waals surface area contributed by atoms with Gasteiger partial charge in [-0.2, -0.15) is 0 Å². The molecule has 0 aromatic heterocycles. The topological polar surface area (TPSA) is 83.9 Å². The van der Waals surface area contributed by atoms with Gasteiger partial charge in [0.2, 0.25) is 0 Å². The Balaban J connectivity index is 2.78. The zero-order valence-corrected chi connectivity index (χ0v) is 19.9. The Morgan fingerprint density at radius 3 is 2.19 bits per heavy atom. The summed E-state index contributed by atoms with van der Waals surface area (Å²) in [5.41, 5.74) is 2.37. The number of unbranched alkanes of at least 4 members (excludes halogenated alkanes) is 2. The van der Waals surface area contributed by atoms with Gasteiger partial charge in [-0.1, -0.05) is 38.8 Å². The zero-order valence-electron chi connectivity index (χ0n) is 19.1. The van der Waals surface area contributed by atoms with Crippen molar-refractivity contribution in [2.24, 2.45) is 0 Å². The van der Waals surface area contributed by atoms with E-state index >= 15 is 0 Å². The van der Waals surface area contributed by atoms with Crippen molar-refractivity contribution in [3.8, 4) is 11.5 Å². The van der Waals surface area contributed by atoms with Crippen LogP contribution in [0.2, 0.25) is 0 Å². The minimum absolute atomic E-state index is 0.0678.